The van der Waals surface area contributed by atoms with Gasteiger partial charge in [-0.05, 0) is 18.8 Å². The molecule has 2 aliphatic rings. The third-order valence-electron chi connectivity index (χ3n) is 3.18. The number of hydrogen-bond acceptors (Lipinski definition) is 2. The van der Waals surface area contributed by atoms with Gasteiger partial charge in [0.1, 0.15) is 0 Å². The first-order valence-electron chi connectivity index (χ1n) is 4.11. The van der Waals surface area contributed by atoms with Crippen LogP contribution in [-0.4, -0.2) is 24.3 Å². The highest BCUT2D eigenvalue weighted by Gasteiger charge is 2.46. The second-order valence-corrected chi connectivity index (χ2v) is 4.03. The van der Waals surface area contributed by atoms with Crippen molar-refractivity contribution in [3.63, 3.8) is 0 Å². The first-order valence-corrected chi connectivity index (χ1v) is 4.11. The monoisotopic (exact) mass is 141 g/mol. The summed E-state index contributed by atoms with van der Waals surface area (Å²) >= 11 is 0. The van der Waals surface area contributed by atoms with Gasteiger partial charge in [-0.15, -0.1) is 0 Å². The summed E-state index contributed by atoms with van der Waals surface area (Å²) in [7, 11) is 0. The molecule has 0 amide bonds. The van der Waals surface area contributed by atoms with Gasteiger partial charge in [-0.3, -0.25) is 0 Å². The summed E-state index contributed by atoms with van der Waals surface area (Å²) in [5, 5.41) is 13.1. The average molecular weight is 141 g/mol. The lowest BCUT2D eigenvalue weighted by Gasteiger charge is -2.35. The highest BCUT2D eigenvalue weighted by molar-refractivity contribution is 4.99. The van der Waals surface area contributed by atoms with Crippen LogP contribution in [0.25, 0.3) is 0 Å². The summed E-state index contributed by atoms with van der Waals surface area (Å²) in [5.41, 5.74) is 0.197. The van der Waals surface area contributed by atoms with Gasteiger partial charge in [0.05, 0.1) is 6.10 Å². The predicted octanol–water partition coefficient (Wildman–Crippen LogP) is 0.367. The van der Waals surface area contributed by atoms with Crippen LogP contribution in [0.1, 0.15) is 19.8 Å². The molecule has 0 spiro atoms. The molecule has 2 fully saturated rings. The lowest BCUT2D eigenvalue weighted by atomic mass is 9.82. The molecule has 2 N–H and O–H groups in total. The molecule has 58 valence electrons. The first kappa shape index (κ1) is 6.62. The Hall–Kier alpha value is -0.0800. The van der Waals surface area contributed by atoms with E-state index >= 15 is 0 Å². The average Bonchev–Trinajstić information content (AvgIpc) is 2.18. The number of aliphatic hydroxyl groups excluding tert-OH is 1. The van der Waals surface area contributed by atoms with Crippen LogP contribution in [0, 0.1) is 11.3 Å². The molecule has 1 saturated carbocycles. The van der Waals surface area contributed by atoms with E-state index in [1.807, 2.05) is 0 Å². The zero-order valence-electron chi connectivity index (χ0n) is 6.43. The number of hydrogen-bond donors (Lipinski definition) is 2. The van der Waals surface area contributed by atoms with Gasteiger partial charge in [0.25, 0.3) is 0 Å². The normalized spacial score (nSPS) is 53.4. The molecule has 3 atom stereocenters. The van der Waals surface area contributed by atoms with Crippen molar-refractivity contribution >= 4 is 0 Å². The van der Waals surface area contributed by atoms with Gasteiger partial charge in [0.2, 0.25) is 0 Å². The fraction of sp³-hybridized carbons (Fsp3) is 1.00. The van der Waals surface area contributed by atoms with E-state index in [4.69, 9.17) is 0 Å². The van der Waals surface area contributed by atoms with Crippen LogP contribution in [0.3, 0.4) is 0 Å². The lowest BCUT2D eigenvalue weighted by Crippen LogP contribution is -2.47. The zero-order chi connectivity index (χ0) is 7.19. The molecule has 1 aliphatic heterocycles. The Labute approximate surface area is 61.6 Å². The van der Waals surface area contributed by atoms with Crippen LogP contribution < -0.4 is 5.32 Å². The Morgan fingerprint density at radius 2 is 2.40 bits per heavy atom. The number of piperidine rings is 1. The minimum absolute atomic E-state index is 0.0336. The van der Waals surface area contributed by atoms with E-state index < -0.39 is 0 Å². The van der Waals surface area contributed by atoms with E-state index in [0.717, 1.165) is 13.1 Å². The maximum atomic E-state index is 9.73. The molecule has 0 radical (unpaired) electrons. The molecule has 2 rings (SSSR count). The van der Waals surface area contributed by atoms with Crippen molar-refractivity contribution in [1.29, 1.82) is 0 Å². The molecule has 0 aromatic rings. The van der Waals surface area contributed by atoms with Crippen molar-refractivity contribution in [2.24, 2.45) is 11.3 Å². The predicted molar refractivity (Wildman–Crippen MR) is 39.7 cm³/mol. The van der Waals surface area contributed by atoms with Crippen LogP contribution >= 0.6 is 0 Å². The molecular weight excluding hydrogens is 126 g/mol. The minimum Gasteiger partial charge on any atom is -0.392 e. The number of rotatable bonds is 0. The maximum Gasteiger partial charge on any atom is 0.0646 e. The highest BCUT2D eigenvalue weighted by atomic mass is 16.3. The Morgan fingerprint density at radius 3 is 3.00 bits per heavy atom. The van der Waals surface area contributed by atoms with E-state index in [1.54, 1.807) is 0 Å². The standard InChI is InChI=1S/C8H15NO/c1-8-3-2-6(7(8)10)4-9-5-8/h6-7,9-10H,2-5H2,1H3. The number of fused-ring (bicyclic) bond motifs is 2. The molecule has 0 aromatic carbocycles. The fourth-order valence-electron chi connectivity index (χ4n) is 2.34. The van der Waals surface area contributed by atoms with Crippen molar-refractivity contribution in [3.8, 4) is 0 Å². The van der Waals surface area contributed by atoms with E-state index in [9.17, 15) is 5.11 Å². The molecule has 0 aromatic heterocycles. The summed E-state index contributed by atoms with van der Waals surface area (Å²) in [6, 6.07) is 0. The topological polar surface area (TPSA) is 32.3 Å². The third-order valence-corrected chi connectivity index (χ3v) is 3.18. The van der Waals surface area contributed by atoms with Crippen LogP contribution in [0.5, 0.6) is 0 Å². The summed E-state index contributed by atoms with van der Waals surface area (Å²) in [6.07, 6.45) is 2.38. The van der Waals surface area contributed by atoms with Crippen molar-refractivity contribution in [2.75, 3.05) is 13.1 Å². The first-order chi connectivity index (χ1) is 4.72. The van der Waals surface area contributed by atoms with E-state index in [1.165, 1.54) is 12.8 Å². The van der Waals surface area contributed by atoms with Gasteiger partial charge < -0.3 is 10.4 Å². The zero-order valence-corrected chi connectivity index (χ0v) is 6.43. The van der Waals surface area contributed by atoms with Crippen molar-refractivity contribution in [2.45, 2.75) is 25.9 Å². The Kier molecular flexibility index (Phi) is 1.29. The summed E-state index contributed by atoms with van der Waals surface area (Å²) in [5.74, 6) is 0.541. The summed E-state index contributed by atoms with van der Waals surface area (Å²) in [6.45, 7) is 4.21. The van der Waals surface area contributed by atoms with Crippen LogP contribution in [0.15, 0.2) is 0 Å². The second-order valence-electron chi connectivity index (χ2n) is 4.03. The van der Waals surface area contributed by atoms with E-state index in [2.05, 4.69) is 12.2 Å². The smallest absolute Gasteiger partial charge is 0.0646 e. The number of aliphatic hydroxyl groups is 1. The van der Waals surface area contributed by atoms with Crippen molar-refractivity contribution in [3.05, 3.63) is 0 Å². The molecule has 1 saturated heterocycles. The van der Waals surface area contributed by atoms with E-state index in [0.29, 0.717) is 5.92 Å². The lowest BCUT2D eigenvalue weighted by molar-refractivity contribution is 0.0141. The van der Waals surface area contributed by atoms with Gasteiger partial charge in [-0.2, -0.15) is 0 Å². The third kappa shape index (κ3) is 0.722. The van der Waals surface area contributed by atoms with Crippen LogP contribution in [-0.2, 0) is 0 Å². The molecule has 3 unspecified atom stereocenters. The Bertz CT molecular complexity index is 144. The minimum atomic E-state index is -0.0336. The molecule has 2 bridgehead atoms. The van der Waals surface area contributed by atoms with Crippen LogP contribution in [0.4, 0.5) is 0 Å². The molecule has 1 heterocycles. The Balaban J connectivity index is 2.21. The molecule has 10 heavy (non-hydrogen) atoms. The summed E-state index contributed by atoms with van der Waals surface area (Å²) < 4.78 is 0. The Morgan fingerprint density at radius 1 is 1.60 bits per heavy atom. The fourth-order valence-corrected chi connectivity index (χ4v) is 2.34. The maximum absolute atomic E-state index is 9.73. The van der Waals surface area contributed by atoms with Gasteiger partial charge in [0.15, 0.2) is 0 Å². The van der Waals surface area contributed by atoms with Gasteiger partial charge in [-0.1, -0.05) is 6.92 Å². The highest BCUT2D eigenvalue weighted by Crippen LogP contribution is 2.43. The van der Waals surface area contributed by atoms with Gasteiger partial charge >= 0.3 is 0 Å². The molecular formula is C8H15NO. The summed E-state index contributed by atoms with van der Waals surface area (Å²) in [4.78, 5) is 0. The molecule has 2 heteroatoms. The van der Waals surface area contributed by atoms with Gasteiger partial charge in [-0.25, -0.2) is 0 Å². The van der Waals surface area contributed by atoms with E-state index in [-0.39, 0.29) is 11.5 Å². The van der Waals surface area contributed by atoms with Crippen LogP contribution in [0.2, 0.25) is 0 Å². The van der Waals surface area contributed by atoms with Crippen molar-refractivity contribution in [1.82, 2.24) is 5.32 Å². The largest absolute Gasteiger partial charge is 0.392 e. The van der Waals surface area contributed by atoms with Gasteiger partial charge in [0, 0.05) is 18.5 Å². The molecule has 1 aliphatic carbocycles. The number of nitrogens with one attached hydrogen (secondary N) is 1. The second kappa shape index (κ2) is 1.95. The molecule has 2 nitrogen and oxygen atoms in total. The quantitative estimate of drug-likeness (QED) is 0.510. The SMILES string of the molecule is CC12CCC(CNC1)C2O. The van der Waals surface area contributed by atoms with Crippen molar-refractivity contribution < 1.29 is 5.11 Å².